The minimum absolute atomic E-state index is 0.0132. The summed E-state index contributed by atoms with van der Waals surface area (Å²) in [6, 6.07) is 6.36. The second kappa shape index (κ2) is 4.37. The molecule has 3 aromatic rings. The van der Waals surface area contributed by atoms with Crippen molar-refractivity contribution in [3.8, 4) is 28.7 Å². The highest BCUT2D eigenvalue weighted by Crippen LogP contribution is 2.27. The van der Waals surface area contributed by atoms with Crippen molar-refractivity contribution in [2.45, 2.75) is 0 Å². The number of nitrogens with two attached hydrogens (primary N) is 1. The van der Waals surface area contributed by atoms with E-state index < -0.39 is 0 Å². The summed E-state index contributed by atoms with van der Waals surface area (Å²) in [6.45, 7) is 0. The summed E-state index contributed by atoms with van der Waals surface area (Å²) in [5.74, 6) is 0.684. The SMILES string of the molecule is Nc1cc(-c2nc(-c3ccncn3)no2)ccc1O. The Kier molecular flexibility index (Phi) is 2.57. The molecule has 0 amide bonds. The van der Waals surface area contributed by atoms with Crippen LogP contribution in [0.5, 0.6) is 5.75 Å². The van der Waals surface area contributed by atoms with Crippen LogP contribution < -0.4 is 5.73 Å². The molecule has 0 atom stereocenters. The monoisotopic (exact) mass is 255 g/mol. The fraction of sp³-hybridized carbons (Fsp3) is 0. The average Bonchev–Trinajstić information content (AvgIpc) is 2.93. The number of benzene rings is 1. The van der Waals surface area contributed by atoms with Gasteiger partial charge in [-0.25, -0.2) is 9.97 Å². The first-order chi connectivity index (χ1) is 9.24. The van der Waals surface area contributed by atoms with Crippen LogP contribution in [0.15, 0.2) is 41.3 Å². The molecule has 0 fully saturated rings. The molecule has 7 nitrogen and oxygen atoms in total. The number of aromatic nitrogens is 4. The Morgan fingerprint density at radius 1 is 1.21 bits per heavy atom. The third-order valence-corrected chi connectivity index (χ3v) is 2.51. The van der Waals surface area contributed by atoms with Crippen molar-refractivity contribution in [2.24, 2.45) is 0 Å². The van der Waals surface area contributed by atoms with E-state index >= 15 is 0 Å². The van der Waals surface area contributed by atoms with Crippen LogP contribution in [0.3, 0.4) is 0 Å². The van der Waals surface area contributed by atoms with Crippen LogP contribution in [0, 0.1) is 0 Å². The third kappa shape index (κ3) is 2.08. The van der Waals surface area contributed by atoms with Crippen molar-refractivity contribution >= 4 is 5.69 Å². The molecule has 19 heavy (non-hydrogen) atoms. The third-order valence-electron chi connectivity index (χ3n) is 2.51. The number of anilines is 1. The molecule has 94 valence electrons. The predicted octanol–water partition coefficient (Wildman–Crippen LogP) is 1.48. The van der Waals surface area contributed by atoms with E-state index in [1.54, 1.807) is 24.4 Å². The molecule has 0 saturated heterocycles. The van der Waals surface area contributed by atoms with Gasteiger partial charge in [-0.3, -0.25) is 0 Å². The van der Waals surface area contributed by atoms with Crippen molar-refractivity contribution in [3.05, 3.63) is 36.8 Å². The molecule has 0 aliphatic heterocycles. The smallest absolute Gasteiger partial charge is 0.258 e. The highest BCUT2D eigenvalue weighted by Gasteiger charge is 2.12. The van der Waals surface area contributed by atoms with Crippen molar-refractivity contribution < 1.29 is 9.63 Å². The molecule has 1 aromatic carbocycles. The molecule has 2 aromatic heterocycles. The van der Waals surface area contributed by atoms with Gasteiger partial charge in [0.25, 0.3) is 5.89 Å². The zero-order chi connectivity index (χ0) is 13.2. The van der Waals surface area contributed by atoms with E-state index in [9.17, 15) is 5.11 Å². The molecular formula is C12H9N5O2. The van der Waals surface area contributed by atoms with Crippen molar-refractivity contribution in [2.75, 3.05) is 5.73 Å². The largest absolute Gasteiger partial charge is 0.506 e. The van der Waals surface area contributed by atoms with Gasteiger partial charge >= 0.3 is 0 Å². The summed E-state index contributed by atoms with van der Waals surface area (Å²) in [5.41, 5.74) is 7.06. The molecular weight excluding hydrogens is 246 g/mol. The minimum Gasteiger partial charge on any atom is -0.506 e. The van der Waals surface area contributed by atoms with Gasteiger partial charge in [-0.2, -0.15) is 4.98 Å². The Hall–Kier alpha value is -2.96. The van der Waals surface area contributed by atoms with Crippen LogP contribution in [-0.4, -0.2) is 25.2 Å². The summed E-state index contributed by atoms with van der Waals surface area (Å²) < 4.78 is 5.14. The predicted molar refractivity (Wildman–Crippen MR) is 66.8 cm³/mol. The number of rotatable bonds is 2. The van der Waals surface area contributed by atoms with Crippen molar-refractivity contribution in [1.29, 1.82) is 0 Å². The fourth-order valence-electron chi connectivity index (χ4n) is 1.56. The second-order valence-electron chi connectivity index (χ2n) is 3.79. The van der Waals surface area contributed by atoms with Gasteiger partial charge in [0.15, 0.2) is 0 Å². The zero-order valence-electron chi connectivity index (χ0n) is 9.69. The highest BCUT2D eigenvalue weighted by atomic mass is 16.5. The lowest BCUT2D eigenvalue weighted by molar-refractivity contribution is 0.432. The van der Waals surface area contributed by atoms with Gasteiger partial charge in [0, 0.05) is 11.8 Å². The molecule has 0 bridgehead atoms. The zero-order valence-corrected chi connectivity index (χ0v) is 9.69. The number of hydrogen-bond donors (Lipinski definition) is 2. The number of hydrogen-bond acceptors (Lipinski definition) is 7. The van der Waals surface area contributed by atoms with Gasteiger partial charge in [-0.1, -0.05) is 5.16 Å². The minimum atomic E-state index is 0.0132. The average molecular weight is 255 g/mol. The van der Waals surface area contributed by atoms with Crippen LogP contribution >= 0.6 is 0 Å². The van der Waals surface area contributed by atoms with Crippen LogP contribution in [0.1, 0.15) is 0 Å². The normalized spacial score (nSPS) is 10.5. The summed E-state index contributed by atoms with van der Waals surface area (Å²) in [6.07, 6.45) is 3.00. The van der Waals surface area contributed by atoms with Crippen molar-refractivity contribution in [1.82, 2.24) is 20.1 Å². The van der Waals surface area contributed by atoms with E-state index in [0.29, 0.717) is 23.0 Å². The molecule has 3 N–H and O–H groups in total. The first kappa shape index (κ1) is 11.1. The molecule has 0 aliphatic carbocycles. The highest BCUT2D eigenvalue weighted by molar-refractivity contribution is 5.65. The maximum Gasteiger partial charge on any atom is 0.258 e. The van der Waals surface area contributed by atoms with E-state index in [-0.39, 0.29) is 11.4 Å². The number of nitrogen functional groups attached to an aromatic ring is 1. The second-order valence-corrected chi connectivity index (χ2v) is 3.79. The number of aromatic hydroxyl groups is 1. The number of nitrogens with zero attached hydrogens (tertiary/aromatic N) is 4. The number of phenolic OH excluding ortho intramolecular Hbond substituents is 1. The first-order valence-corrected chi connectivity index (χ1v) is 5.43. The van der Waals surface area contributed by atoms with Gasteiger partial charge in [-0.05, 0) is 24.3 Å². The van der Waals surface area contributed by atoms with E-state index in [4.69, 9.17) is 10.3 Å². The van der Waals surface area contributed by atoms with Crippen LogP contribution in [0.4, 0.5) is 5.69 Å². The van der Waals surface area contributed by atoms with E-state index in [0.717, 1.165) is 0 Å². The van der Waals surface area contributed by atoms with Crippen molar-refractivity contribution in [3.63, 3.8) is 0 Å². The summed E-state index contributed by atoms with van der Waals surface area (Å²) in [4.78, 5) is 12.1. The lowest BCUT2D eigenvalue weighted by Gasteiger charge is -1.99. The van der Waals surface area contributed by atoms with Crippen LogP contribution in [-0.2, 0) is 0 Å². The first-order valence-electron chi connectivity index (χ1n) is 5.43. The molecule has 0 radical (unpaired) electrons. The Balaban J connectivity index is 1.99. The lowest BCUT2D eigenvalue weighted by Crippen LogP contribution is -1.88. The molecule has 2 heterocycles. The maximum absolute atomic E-state index is 9.37. The van der Waals surface area contributed by atoms with E-state index in [1.807, 2.05) is 0 Å². The maximum atomic E-state index is 9.37. The van der Waals surface area contributed by atoms with Gasteiger partial charge < -0.3 is 15.4 Å². The quantitative estimate of drug-likeness (QED) is 0.527. The lowest BCUT2D eigenvalue weighted by atomic mass is 10.2. The van der Waals surface area contributed by atoms with E-state index in [2.05, 4.69) is 20.1 Å². The Morgan fingerprint density at radius 3 is 2.84 bits per heavy atom. The van der Waals surface area contributed by atoms with Gasteiger partial charge in [0.1, 0.15) is 17.8 Å². The molecule has 7 heteroatoms. The molecule has 0 unspecified atom stereocenters. The summed E-state index contributed by atoms with van der Waals surface area (Å²) in [7, 11) is 0. The molecule has 0 saturated carbocycles. The Bertz CT molecular complexity index is 711. The van der Waals surface area contributed by atoms with Gasteiger partial charge in [-0.15, -0.1) is 0 Å². The fourth-order valence-corrected chi connectivity index (χ4v) is 1.56. The standard InChI is InChI=1S/C12H9N5O2/c13-8-5-7(1-2-10(8)18)12-16-11(17-19-12)9-3-4-14-6-15-9/h1-6,18H,13H2. The van der Waals surface area contributed by atoms with Crippen LogP contribution in [0.2, 0.25) is 0 Å². The van der Waals surface area contributed by atoms with Crippen LogP contribution in [0.25, 0.3) is 23.0 Å². The number of phenols is 1. The summed E-state index contributed by atoms with van der Waals surface area (Å²) in [5, 5.41) is 13.2. The molecule has 3 rings (SSSR count). The summed E-state index contributed by atoms with van der Waals surface area (Å²) >= 11 is 0. The molecule has 0 aliphatic rings. The van der Waals surface area contributed by atoms with E-state index in [1.165, 1.54) is 12.4 Å². The van der Waals surface area contributed by atoms with Gasteiger partial charge in [0.05, 0.1) is 5.69 Å². The van der Waals surface area contributed by atoms with Gasteiger partial charge in [0.2, 0.25) is 5.82 Å². The Morgan fingerprint density at radius 2 is 2.11 bits per heavy atom. The Labute approximate surface area is 107 Å². The molecule has 0 spiro atoms. The topological polar surface area (TPSA) is 111 Å².